The maximum absolute atomic E-state index is 5.42. The summed E-state index contributed by atoms with van der Waals surface area (Å²) in [6, 6.07) is 8.27. The van der Waals surface area contributed by atoms with E-state index in [0.717, 1.165) is 26.1 Å². The average molecular weight is 243 g/mol. The van der Waals surface area contributed by atoms with Gasteiger partial charge in [-0.15, -0.1) is 0 Å². The molecule has 0 aliphatic rings. The SMILES string of the molecule is CCCOCCc1ccccc1Br. The van der Waals surface area contributed by atoms with E-state index in [2.05, 4.69) is 41.1 Å². The Hall–Kier alpha value is -0.340. The molecular weight excluding hydrogens is 228 g/mol. The Morgan fingerprint density at radius 2 is 2.00 bits per heavy atom. The zero-order valence-electron chi connectivity index (χ0n) is 7.92. The van der Waals surface area contributed by atoms with Gasteiger partial charge in [0, 0.05) is 11.1 Å². The zero-order valence-corrected chi connectivity index (χ0v) is 9.51. The molecule has 0 saturated carbocycles. The summed E-state index contributed by atoms with van der Waals surface area (Å²) in [6.07, 6.45) is 2.08. The highest BCUT2D eigenvalue weighted by Crippen LogP contribution is 2.16. The lowest BCUT2D eigenvalue weighted by atomic mass is 10.2. The van der Waals surface area contributed by atoms with Crippen molar-refractivity contribution in [2.24, 2.45) is 0 Å². The molecule has 0 amide bonds. The minimum atomic E-state index is 0.816. The number of hydrogen-bond acceptors (Lipinski definition) is 1. The summed E-state index contributed by atoms with van der Waals surface area (Å²) in [4.78, 5) is 0. The van der Waals surface area contributed by atoms with Crippen LogP contribution in [0.25, 0.3) is 0 Å². The van der Waals surface area contributed by atoms with Gasteiger partial charge in [-0.05, 0) is 24.5 Å². The molecule has 13 heavy (non-hydrogen) atoms. The van der Waals surface area contributed by atoms with Crippen LogP contribution in [0.4, 0.5) is 0 Å². The second-order valence-corrected chi connectivity index (χ2v) is 3.81. The van der Waals surface area contributed by atoms with E-state index in [1.54, 1.807) is 0 Å². The molecule has 0 aromatic heterocycles. The molecular formula is C11H15BrO. The van der Waals surface area contributed by atoms with Crippen LogP contribution in [0.3, 0.4) is 0 Å². The largest absolute Gasteiger partial charge is 0.381 e. The second-order valence-electron chi connectivity index (χ2n) is 2.95. The second kappa shape index (κ2) is 6.17. The van der Waals surface area contributed by atoms with E-state index < -0.39 is 0 Å². The standard InChI is InChI=1S/C11H15BrO/c1-2-8-13-9-7-10-5-3-4-6-11(10)12/h3-6H,2,7-9H2,1H3. The number of hydrogen-bond donors (Lipinski definition) is 0. The molecule has 0 heterocycles. The Balaban J connectivity index is 2.32. The molecule has 1 aromatic rings. The van der Waals surface area contributed by atoms with E-state index in [9.17, 15) is 0 Å². The van der Waals surface area contributed by atoms with Crippen molar-refractivity contribution >= 4 is 15.9 Å². The fraction of sp³-hybridized carbons (Fsp3) is 0.455. The predicted molar refractivity (Wildman–Crippen MR) is 59.0 cm³/mol. The summed E-state index contributed by atoms with van der Waals surface area (Å²) in [5.74, 6) is 0. The van der Waals surface area contributed by atoms with Gasteiger partial charge in [0.15, 0.2) is 0 Å². The third kappa shape index (κ3) is 3.92. The van der Waals surface area contributed by atoms with Crippen molar-refractivity contribution in [1.82, 2.24) is 0 Å². The Morgan fingerprint density at radius 3 is 2.69 bits per heavy atom. The Labute approximate surface area is 88.2 Å². The summed E-state index contributed by atoms with van der Waals surface area (Å²) >= 11 is 3.51. The first-order valence-corrected chi connectivity index (χ1v) is 5.45. The first-order chi connectivity index (χ1) is 6.34. The summed E-state index contributed by atoms with van der Waals surface area (Å²) in [5, 5.41) is 0. The third-order valence-electron chi connectivity index (χ3n) is 1.82. The first kappa shape index (κ1) is 10.7. The molecule has 0 saturated heterocycles. The van der Waals surface area contributed by atoms with Gasteiger partial charge in [-0.1, -0.05) is 41.1 Å². The topological polar surface area (TPSA) is 9.23 Å². The molecule has 0 N–H and O–H groups in total. The maximum atomic E-state index is 5.42. The van der Waals surface area contributed by atoms with Crippen LogP contribution in [0.1, 0.15) is 18.9 Å². The van der Waals surface area contributed by atoms with E-state index >= 15 is 0 Å². The predicted octanol–water partition coefficient (Wildman–Crippen LogP) is 3.42. The van der Waals surface area contributed by atoms with Gasteiger partial charge >= 0.3 is 0 Å². The van der Waals surface area contributed by atoms with Gasteiger partial charge in [0.25, 0.3) is 0 Å². The van der Waals surface area contributed by atoms with Gasteiger partial charge < -0.3 is 4.74 Å². The molecule has 0 spiro atoms. The molecule has 0 unspecified atom stereocenters. The van der Waals surface area contributed by atoms with Crippen molar-refractivity contribution in [3.63, 3.8) is 0 Å². The smallest absolute Gasteiger partial charge is 0.0506 e. The summed E-state index contributed by atoms with van der Waals surface area (Å²) in [7, 11) is 0. The minimum Gasteiger partial charge on any atom is -0.381 e. The molecule has 0 radical (unpaired) electrons. The highest BCUT2D eigenvalue weighted by atomic mass is 79.9. The van der Waals surface area contributed by atoms with Crippen molar-refractivity contribution in [3.05, 3.63) is 34.3 Å². The van der Waals surface area contributed by atoms with Gasteiger partial charge in [0.1, 0.15) is 0 Å². The van der Waals surface area contributed by atoms with Gasteiger partial charge in [0.2, 0.25) is 0 Å². The average Bonchev–Trinajstić information content (AvgIpc) is 2.15. The maximum Gasteiger partial charge on any atom is 0.0506 e. The van der Waals surface area contributed by atoms with Crippen LogP contribution in [-0.4, -0.2) is 13.2 Å². The van der Waals surface area contributed by atoms with Crippen molar-refractivity contribution in [3.8, 4) is 0 Å². The Morgan fingerprint density at radius 1 is 1.23 bits per heavy atom. The Kier molecular flexibility index (Phi) is 5.09. The first-order valence-electron chi connectivity index (χ1n) is 4.65. The van der Waals surface area contributed by atoms with Gasteiger partial charge in [-0.25, -0.2) is 0 Å². The normalized spacial score (nSPS) is 10.3. The lowest BCUT2D eigenvalue weighted by molar-refractivity contribution is 0.138. The van der Waals surface area contributed by atoms with Crippen LogP contribution >= 0.6 is 15.9 Å². The number of rotatable bonds is 5. The van der Waals surface area contributed by atoms with Crippen LogP contribution in [0, 0.1) is 0 Å². The van der Waals surface area contributed by atoms with Crippen molar-refractivity contribution < 1.29 is 4.74 Å². The molecule has 0 bridgehead atoms. The Bertz CT molecular complexity index is 248. The van der Waals surface area contributed by atoms with Gasteiger partial charge in [-0.3, -0.25) is 0 Å². The highest BCUT2D eigenvalue weighted by Gasteiger charge is 1.97. The molecule has 1 aromatic carbocycles. The highest BCUT2D eigenvalue weighted by molar-refractivity contribution is 9.10. The van der Waals surface area contributed by atoms with Crippen molar-refractivity contribution in [2.45, 2.75) is 19.8 Å². The van der Waals surface area contributed by atoms with E-state index in [1.165, 1.54) is 10.0 Å². The molecule has 0 fully saturated rings. The lowest BCUT2D eigenvalue weighted by Gasteiger charge is -2.04. The van der Waals surface area contributed by atoms with Crippen LogP contribution in [0.15, 0.2) is 28.7 Å². The summed E-state index contributed by atoms with van der Waals surface area (Å²) in [5.41, 5.74) is 1.32. The van der Waals surface area contributed by atoms with E-state index in [0.29, 0.717) is 0 Å². The molecule has 1 nitrogen and oxygen atoms in total. The van der Waals surface area contributed by atoms with Gasteiger partial charge in [-0.2, -0.15) is 0 Å². The number of benzene rings is 1. The fourth-order valence-corrected chi connectivity index (χ4v) is 1.61. The summed E-state index contributed by atoms with van der Waals surface area (Å²) in [6.45, 7) is 3.80. The van der Waals surface area contributed by atoms with Crippen LogP contribution in [0.2, 0.25) is 0 Å². The molecule has 0 aliphatic carbocycles. The molecule has 72 valence electrons. The fourth-order valence-electron chi connectivity index (χ4n) is 1.13. The quantitative estimate of drug-likeness (QED) is 0.720. The van der Waals surface area contributed by atoms with Crippen LogP contribution < -0.4 is 0 Å². The molecule has 1 rings (SSSR count). The van der Waals surface area contributed by atoms with Crippen LogP contribution in [-0.2, 0) is 11.2 Å². The van der Waals surface area contributed by atoms with E-state index in [-0.39, 0.29) is 0 Å². The molecule has 2 heteroatoms. The minimum absolute atomic E-state index is 0.816. The number of ether oxygens (including phenoxy) is 1. The zero-order chi connectivity index (χ0) is 9.52. The molecule has 0 aliphatic heterocycles. The lowest BCUT2D eigenvalue weighted by Crippen LogP contribution is -1.99. The van der Waals surface area contributed by atoms with E-state index in [1.807, 2.05) is 6.07 Å². The van der Waals surface area contributed by atoms with Crippen LogP contribution in [0.5, 0.6) is 0 Å². The molecule has 0 atom stereocenters. The monoisotopic (exact) mass is 242 g/mol. The number of halogens is 1. The van der Waals surface area contributed by atoms with Gasteiger partial charge in [0.05, 0.1) is 6.61 Å². The third-order valence-corrected chi connectivity index (χ3v) is 2.60. The van der Waals surface area contributed by atoms with Crippen molar-refractivity contribution in [2.75, 3.05) is 13.2 Å². The summed E-state index contributed by atoms with van der Waals surface area (Å²) < 4.78 is 6.60. The van der Waals surface area contributed by atoms with Crippen molar-refractivity contribution in [1.29, 1.82) is 0 Å². The van der Waals surface area contributed by atoms with E-state index in [4.69, 9.17) is 4.74 Å².